The van der Waals surface area contributed by atoms with Crippen molar-refractivity contribution in [3.63, 3.8) is 0 Å². The number of hydrogen-bond donors (Lipinski definition) is 3. The number of aliphatic carboxylic acids is 1. The zero-order valence-electron chi connectivity index (χ0n) is 14.5. The average Bonchev–Trinajstić information content (AvgIpc) is 2.65. The van der Waals surface area contributed by atoms with Crippen LogP contribution in [0.4, 0.5) is 5.69 Å². The van der Waals surface area contributed by atoms with Gasteiger partial charge in [0.05, 0.1) is 5.56 Å². The van der Waals surface area contributed by atoms with Crippen LogP contribution in [0.1, 0.15) is 33.6 Å². The number of carboxylic acid groups (broad SMARTS) is 1. The van der Waals surface area contributed by atoms with Gasteiger partial charge in [0.15, 0.2) is 6.29 Å². The van der Waals surface area contributed by atoms with E-state index in [0.29, 0.717) is 18.3 Å². The number of likely N-dealkylation sites (N-methyl/N-ethyl adjacent to an activating group) is 2. The standard InChI is InChI=1S/C17H21N3O6/c1-18-16(25)14(4-3-7-21)20(2)17(26)13-8-12(19-9-15(23)24)6-5-11(13)10-22/h5-8,10,14,19H,3-4,9H2,1-2H3,(H,18,25)(H,23,24). The Morgan fingerprint density at radius 2 is 1.96 bits per heavy atom. The third-order valence-corrected chi connectivity index (χ3v) is 3.75. The van der Waals surface area contributed by atoms with Crippen LogP contribution in [0, 0.1) is 0 Å². The van der Waals surface area contributed by atoms with Gasteiger partial charge < -0.3 is 25.4 Å². The summed E-state index contributed by atoms with van der Waals surface area (Å²) in [5, 5.41) is 13.8. The highest BCUT2D eigenvalue weighted by molar-refractivity contribution is 6.04. The summed E-state index contributed by atoms with van der Waals surface area (Å²) in [4.78, 5) is 58.5. The van der Waals surface area contributed by atoms with Gasteiger partial charge in [0.25, 0.3) is 5.91 Å². The van der Waals surface area contributed by atoms with Crippen LogP contribution in [0.2, 0.25) is 0 Å². The highest BCUT2D eigenvalue weighted by Gasteiger charge is 2.27. The second-order valence-electron chi connectivity index (χ2n) is 5.46. The highest BCUT2D eigenvalue weighted by atomic mass is 16.4. The van der Waals surface area contributed by atoms with Crippen molar-refractivity contribution in [1.29, 1.82) is 0 Å². The lowest BCUT2D eigenvalue weighted by Crippen LogP contribution is -2.47. The third-order valence-electron chi connectivity index (χ3n) is 3.75. The number of hydrogen-bond acceptors (Lipinski definition) is 6. The van der Waals surface area contributed by atoms with Gasteiger partial charge in [-0.1, -0.05) is 0 Å². The van der Waals surface area contributed by atoms with Crippen LogP contribution in [-0.2, 0) is 14.4 Å². The molecule has 0 radical (unpaired) electrons. The van der Waals surface area contributed by atoms with E-state index in [0.717, 1.165) is 4.90 Å². The summed E-state index contributed by atoms with van der Waals surface area (Å²) in [6.07, 6.45) is 1.39. The Balaban J connectivity index is 3.15. The Kier molecular flexibility index (Phi) is 7.94. The van der Waals surface area contributed by atoms with Gasteiger partial charge in [-0.05, 0) is 24.6 Å². The Morgan fingerprint density at radius 3 is 2.50 bits per heavy atom. The number of benzene rings is 1. The number of carbonyl (C=O) groups is 5. The molecule has 2 amide bonds. The second kappa shape index (κ2) is 9.92. The predicted octanol–water partition coefficient (Wildman–Crippen LogP) is 0.161. The van der Waals surface area contributed by atoms with Crippen molar-refractivity contribution in [3.8, 4) is 0 Å². The molecule has 0 aliphatic heterocycles. The van der Waals surface area contributed by atoms with Crippen molar-refractivity contribution in [3.05, 3.63) is 29.3 Å². The molecule has 0 bridgehead atoms. The van der Waals surface area contributed by atoms with E-state index in [1.807, 2.05) is 0 Å². The second-order valence-corrected chi connectivity index (χ2v) is 5.46. The number of carboxylic acids is 1. The van der Waals surface area contributed by atoms with Crippen molar-refractivity contribution < 1.29 is 29.1 Å². The molecule has 1 unspecified atom stereocenters. The van der Waals surface area contributed by atoms with E-state index in [1.165, 1.54) is 32.3 Å². The van der Waals surface area contributed by atoms with Crippen LogP contribution < -0.4 is 10.6 Å². The Bertz CT molecular complexity index is 704. The van der Waals surface area contributed by atoms with E-state index in [1.54, 1.807) is 0 Å². The molecule has 9 heteroatoms. The van der Waals surface area contributed by atoms with Gasteiger partial charge in [-0.15, -0.1) is 0 Å². The molecule has 26 heavy (non-hydrogen) atoms. The molecule has 0 fully saturated rings. The number of aldehydes is 2. The summed E-state index contributed by atoms with van der Waals surface area (Å²) in [5.41, 5.74) is 0.478. The van der Waals surface area contributed by atoms with Crippen LogP contribution in [0.5, 0.6) is 0 Å². The minimum Gasteiger partial charge on any atom is -0.480 e. The number of anilines is 1. The fraction of sp³-hybridized carbons (Fsp3) is 0.353. The van der Waals surface area contributed by atoms with Gasteiger partial charge in [-0.25, -0.2) is 0 Å². The van der Waals surface area contributed by atoms with Crippen LogP contribution in [0.15, 0.2) is 18.2 Å². The van der Waals surface area contributed by atoms with Crippen LogP contribution in [0.25, 0.3) is 0 Å². The number of amides is 2. The molecule has 0 aliphatic rings. The fourth-order valence-electron chi connectivity index (χ4n) is 2.36. The SMILES string of the molecule is CNC(=O)C(CCC=O)N(C)C(=O)c1cc(NCC(=O)O)ccc1C=O. The topological polar surface area (TPSA) is 133 Å². The van der Waals surface area contributed by atoms with Crippen molar-refractivity contribution >= 4 is 36.0 Å². The van der Waals surface area contributed by atoms with Crippen molar-refractivity contribution in [1.82, 2.24) is 10.2 Å². The molecular weight excluding hydrogens is 342 g/mol. The lowest BCUT2D eigenvalue weighted by Gasteiger charge is -2.27. The van der Waals surface area contributed by atoms with Crippen molar-refractivity contribution in [2.45, 2.75) is 18.9 Å². The Hall–Kier alpha value is -3.23. The molecular formula is C17H21N3O6. The van der Waals surface area contributed by atoms with Crippen molar-refractivity contribution in [2.75, 3.05) is 26.0 Å². The molecule has 1 aromatic carbocycles. The van der Waals surface area contributed by atoms with Crippen LogP contribution in [0.3, 0.4) is 0 Å². The monoisotopic (exact) mass is 363 g/mol. The molecule has 0 saturated carbocycles. The fourth-order valence-corrected chi connectivity index (χ4v) is 2.36. The van der Waals surface area contributed by atoms with Gasteiger partial charge in [-0.3, -0.25) is 19.2 Å². The van der Waals surface area contributed by atoms with Crippen molar-refractivity contribution in [2.24, 2.45) is 0 Å². The van der Waals surface area contributed by atoms with Crippen LogP contribution >= 0.6 is 0 Å². The lowest BCUT2D eigenvalue weighted by molar-refractivity contribution is -0.135. The normalized spacial score (nSPS) is 11.2. The number of nitrogens with one attached hydrogen (secondary N) is 2. The Labute approximate surface area is 150 Å². The smallest absolute Gasteiger partial charge is 0.322 e. The average molecular weight is 363 g/mol. The maximum atomic E-state index is 12.8. The number of rotatable bonds is 10. The largest absolute Gasteiger partial charge is 0.480 e. The molecule has 1 atom stereocenters. The Morgan fingerprint density at radius 1 is 1.27 bits per heavy atom. The summed E-state index contributed by atoms with van der Waals surface area (Å²) in [7, 11) is 2.82. The minimum absolute atomic E-state index is 0.0258. The summed E-state index contributed by atoms with van der Waals surface area (Å²) >= 11 is 0. The molecule has 0 heterocycles. The molecule has 1 rings (SSSR count). The number of carbonyl (C=O) groups excluding carboxylic acids is 4. The van der Waals surface area contributed by atoms with Gasteiger partial charge in [0, 0.05) is 31.8 Å². The van der Waals surface area contributed by atoms with E-state index in [2.05, 4.69) is 10.6 Å². The minimum atomic E-state index is -1.08. The first-order valence-electron chi connectivity index (χ1n) is 7.83. The zero-order valence-corrected chi connectivity index (χ0v) is 14.5. The molecule has 0 aromatic heterocycles. The zero-order chi connectivity index (χ0) is 19.7. The van der Waals surface area contributed by atoms with Gasteiger partial charge >= 0.3 is 5.97 Å². The van der Waals surface area contributed by atoms with E-state index in [-0.39, 0.29) is 30.5 Å². The molecule has 0 spiro atoms. The first-order valence-corrected chi connectivity index (χ1v) is 7.83. The first kappa shape index (κ1) is 20.8. The highest BCUT2D eigenvalue weighted by Crippen LogP contribution is 2.18. The van der Waals surface area contributed by atoms with E-state index in [4.69, 9.17) is 5.11 Å². The summed E-state index contributed by atoms with van der Waals surface area (Å²) in [6.45, 7) is -0.357. The quantitative estimate of drug-likeness (QED) is 0.504. The van der Waals surface area contributed by atoms with E-state index >= 15 is 0 Å². The predicted molar refractivity (Wildman–Crippen MR) is 93.2 cm³/mol. The molecule has 9 nitrogen and oxygen atoms in total. The molecule has 0 aliphatic carbocycles. The van der Waals surface area contributed by atoms with E-state index in [9.17, 15) is 24.0 Å². The molecule has 3 N–H and O–H groups in total. The maximum absolute atomic E-state index is 12.8. The summed E-state index contributed by atoms with van der Waals surface area (Å²) in [6, 6.07) is 3.34. The van der Waals surface area contributed by atoms with E-state index < -0.39 is 23.8 Å². The third kappa shape index (κ3) is 5.40. The maximum Gasteiger partial charge on any atom is 0.322 e. The molecule has 140 valence electrons. The first-order chi connectivity index (χ1) is 12.3. The molecule has 0 saturated heterocycles. The van der Waals surface area contributed by atoms with Crippen LogP contribution in [-0.4, -0.2) is 67.0 Å². The summed E-state index contributed by atoms with van der Waals surface area (Å²) < 4.78 is 0. The van der Waals surface area contributed by atoms with Gasteiger partial charge in [0.2, 0.25) is 5.91 Å². The van der Waals surface area contributed by atoms with Gasteiger partial charge in [-0.2, -0.15) is 0 Å². The molecule has 1 aromatic rings. The van der Waals surface area contributed by atoms with Gasteiger partial charge in [0.1, 0.15) is 18.9 Å². The lowest BCUT2D eigenvalue weighted by atomic mass is 10.0. The number of nitrogens with zero attached hydrogens (tertiary/aromatic N) is 1. The summed E-state index contributed by atoms with van der Waals surface area (Å²) in [5.74, 6) is -2.11.